The van der Waals surface area contributed by atoms with E-state index in [1.165, 1.54) is 12.2 Å². The van der Waals surface area contributed by atoms with Gasteiger partial charge in [-0.2, -0.15) is 0 Å². The number of halogens is 5. The minimum Gasteiger partial charge on any atom is -0.478 e. The molecule has 0 saturated heterocycles. The highest BCUT2D eigenvalue weighted by Crippen LogP contribution is 1.89. The second-order valence-electron chi connectivity index (χ2n) is 1.94. The number of carboxylic acids is 1. The zero-order chi connectivity index (χ0) is 15.0. The van der Waals surface area contributed by atoms with Gasteiger partial charge in [-0.3, -0.25) is 4.79 Å². The Hall–Kier alpha value is 0.600. The molecular formula is C8H9Br2Cl3O4S. The molecule has 0 bridgehead atoms. The minimum atomic E-state index is -1.67. The Balaban J connectivity index is -0.000000196. The number of alkyl halides is 2. The van der Waals surface area contributed by atoms with Crippen LogP contribution in [0.5, 0.6) is 0 Å². The molecule has 18 heavy (non-hydrogen) atoms. The van der Waals surface area contributed by atoms with Gasteiger partial charge < -0.3 is 5.11 Å². The van der Waals surface area contributed by atoms with Gasteiger partial charge in [0.05, 0.1) is 0 Å². The molecule has 0 heterocycles. The first-order valence-corrected chi connectivity index (χ1v) is 9.31. The molecule has 106 valence electrons. The molecular weight excluding hydrogens is 458 g/mol. The number of hydrogen-bond donors (Lipinski definition) is 1. The van der Waals surface area contributed by atoms with E-state index in [2.05, 4.69) is 53.2 Å². The van der Waals surface area contributed by atoms with Crippen LogP contribution in [0.25, 0.3) is 0 Å². The van der Waals surface area contributed by atoms with Crippen molar-refractivity contribution in [3.63, 3.8) is 0 Å². The van der Waals surface area contributed by atoms with Crippen molar-refractivity contribution in [1.82, 2.24) is 0 Å². The first-order chi connectivity index (χ1) is 8.27. The van der Waals surface area contributed by atoms with Crippen molar-refractivity contribution in [2.24, 2.45) is 0 Å². The Kier molecular flexibility index (Phi) is 26.2. The summed E-state index contributed by atoms with van der Waals surface area (Å²) < 4.78 is 9.09. The summed E-state index contributed by atoms with van der Waals surface area (Å²) in [5, 5.41) is 8.77. The van der Waals surface area contributed by atoms with Gasteiger partial charge in [-0.15, -0.1) is 0 Å². The molecule has 0 rings (SSSR count). The molecule has 0 atom stereocenters. The lowest BCUT2D eigenvalue weighted by Crippen LogP contribution is -1.84. The van der Waals surface area contributed by atoms with Gasteiger partial charge in [0, 0.05) is 38.1 Å². The van der Waals surface area contributed by atoms with Gasteiger partial charge in [-0.25, -0.2) is 9.00 Å². The maximum absolute atomic E-state index is 9.86. The molecule has 0 aliphatic carbocycles. The highest BCUT2D eigenvalue weighted by atomic mass is 79.9. The smallest absolute Gasteiger partial charge is 0.328 e. The van der Waals surface area contributed by atoms with Crippen molar-refractivity contribution in [2.45, 2.75) is 0 Å². The van der Waals surface area contributed by atoms with Crippen LogP contribution in [0.2, 0.25) is 0 Å². The summed E-state index contributed by atoms with van der Waals surface area (Å²) in [7, 11) is 7.36. The van der Waals surface area contributed by atoms with Gasteiger partial charge in [0.1, 0.15) is 0 Å². The predicted octanol–water partition coefficient (Wildman–Crippen LogP) is 3.77. The van der Waals surface area contributed by atoms with Crippen LogP contribution in [-0.2, 0) is 18.8 Å². The normalized spacial score (nSPS) is 9.67. The van der Waals surface area contributed by atoms with E-state index >= 15 is 0 Å². The lowest BCUT2D eigenvalue weighted by Gasteiger charge is -1.72. The van der Waals surface area contributed by atoms with E-state index in [0.717, 1.165) is 6.08 Å². The predicted molar refractivity (Wildman–Crippen MR) is 84.2 cm³/mol. The number of allylic oxidation sites excluding steroid dienone is 3. The van der Waals surface area contributed by atoms with Crippen LogP contribution < -0.4 is 0 Å². The van der Waals surface area contributed by atoms with Crippen LogP contribution >= 0.6 is 64.8 Å². The van der Waals surface area contributed by atoms with E-state index in [4.69, 9.17) is 20.9 Å². The second kappa shape index (κ2) is 19.9. The van der Waals surface area contributed by atoms with Crippen molar-refractivity contribution in [3.05, 3.63) is 24.3 Å². The molecule has 0 saturated carbocycles. The topological polar surface area (TPSA) is 71.4 Å². The van der Waals surface area contributed by atoms with Crippen molar-refractivity contribution in [2.75, 3.05) is 10.7 Å². The Morgan fingerprint density at radius 1 is 1.11 bits per heavy atom. The maximum Gasteiger partial charge on any atom is 0.328 e. The number of carbonyl (C=O) groups is 2. The zero-order valence-corrected chi connectivity index (χ0v) is 14.9. The molecule has 0 unspecified atom stereocenters. The monoisotopic (exact) mass is 464 g/mol. The van der Waals surface area contributed by atoms with Crippen molar-refractivity contribution in [3.8, 4) is 0 Å². The van der Waals surface area contributed by atoms with Crippen LogP contribution in [0.4, 0.5) is 0 Å². The second-order valence-corrected chi connectivity index (χ2v) is 6.13. The summed E-state index contributed by atoms with van der Waals surface area (Å²) in [4.78, 5) is 19.5. The molecule has 0 aromatic carbocycles. The average Bonchev–Trinajstić information content (AvgIpc) is 2.23. The van der Waals surface area contributed by atoms with Gasteiger partial charge in [0.25, 0.3) is 0 Å². The molecule has 0 amide bonds. The van der Waals surface area contributed by atoms with Gasteiger partial charge >= 0.3 is 5.97 Å². The lowest BCUT2D eigenvalue weighted by molar-refractivity contribution is -0.131. The first kappa shape index (κ1) is 23.7. The fourth-order valence-electron chi connectivity index (χ4n) is 0.283. The molecule has 10 heteroatoms. The van der Waals surface area contributed by atoms with Crippen LogP contribution in [-0.4, -0.2) is 31.2 Å². The summed E-state index contributed by atoms with van der Waals surface area (Å²) in [6, 6.07) is 0. The fraction of sp³-hybridized carbons (Fsp3) is 0.250. The Labute approximate surface area is 138 Å². The molecule has 0 aliphatic heterocycles. The van der Waals surface area contributed by atoms with E-state index < -0.39 is 20.4 Å². The Morgan fingerprint density at radius 2 is 1.44 bits per heavy atom. The Bertz CT molecular complexity index is 283. The minimum absolute atomic E-state index is 0.431. The third-order valence-electron chi connectivity index (χ3n) is 0.687. The number of carbonyl (C=O) groups excluding carboxylic acids is 1. The van der Waals surface area contributed by atoms with Crippen LogP contribution in [0.15, 0.2) is 24.3 Å². The third kappa shape index (κ3) is 54.6. The molecule has 4 nitrogen and oxygen atoms in total. The summed E-state index contributed by atoms with van der Waals surface area (Å²) in [6.45, 7) is 0. The van der Waals surface area contributed by atoms with E-state index in [1.54, 1.807) is 6.08 Å². The summed E-state index contributed by atoms with van der Waals surface area (Å²) in [5.74, 6) is -0.903. The number of aliphatic carboxylic acids is 1. The summed E-state index contributed by atoms with van der Waals surface area (Å²) in [6.07, 6.45) is 5.54. The first-order valence-electron chi connectivity index (χ1n) is 3.89. The fourth-order valence-corrected chi connectivity index (χ4v) is 0.745. The van der Waals surface area contributed by atoms with Crippen LogP contribution in [0.3, 0.4) is 0 Å². The van der Waals surface area contributed by atoms with E-state index in [1.807, 2.05) is 0 Å². The van der Waals surface area contributed by atoms with Crippen molar-refractivity contribution in [1.29, 1.82) is 0 Å². The van der Waals surface area contributed by atoms with Gasteiger partial charge in [0.15, 0.2) is 0 Å². The lowest BCUT2D eigenvalue weighted by atomic mass is 10.5. The van der Waals surface area contributed by atoms with E-state index in [9.17, 15) is 9.59 Å². The highest BCUT2D eigenvalue weighted by Gasteiger charge is 1.80. The molecule has 0 fully saturated rings. The number of hydrogen-bond acceptors (Lipinski definition) is 3. The quantitative estimate of drug-likeness (QED) is 0.388. The molecule has 0 radical (unpaired) electrons. The molecule has 0 spiro atoms. The van der Waals surface area contributed by atoms with E-state index in [0.29, 0.717) is 10.7 Å². The maximum atomic E-state index is 9.86. The van der Waals surface area contributed by atoms with E-state index in [-0.39, 0.29) is 0 Å². The standard InChI is InChI=1S/C4H4BrClO.C4H5BrO2.Cl2OS/c2*5-3-1-2-4(6)7;1-4(2)3/h1-2H,3H2;1-2H,3H2,(H,6,7);/b2*2-1+;. The Morgan fingerprint density at radius 3 is 1.56 bits per heavy atom. The SMILES string of the molecule is O=C(Cl)/C=C/CBr.O=C(O)/C=C/CBr.O=S(Cl)Cl. The molecule has 0 aromatic rings. The third-order valence-corrected chi connectivity index (χ3v) is 1.56. The average molecular weight is 467 g/mol. The van der Waals surface area contributed by atoms with Gasteiger partial charge in [-0.05, 0) is 17.7 Å². The van der Waals surface area contributed by atoms with Crippen LogP contribution in [0, 0.1) is 0 Å². The molecule has 0 aromatic heterocycles. The zero-order valence-electron chi connectivity index (χ0n) is 8.69. The summed E-state index contributed by atoms with van der Waals surface area (Å²) in [5.41, 5.74) is 0. The molecule has 1 N–H and O–H groups in total. The number of rotatable bonds is 4. The van der Waals surface area contributed by atoms with Gasteiger partial charge in [-0.1, -0.05) is 44.0 Å². The van der Waals surface area contributed by atoms with Gasteiger partial charge in [0.2, 0.25) is 14.5 Å². The largest absolute Gasteiger partial charge is 0.478 e. The van der Waals surface area contributed by atoms with Crippen molar-refractivity contribution < 1.29 is 18.9 Å². The molecule has 0 aliphatic rings. The van der Waals surface area contributed by atoms with Crippen LogP contribution in [0.1, 0.15) is 0 Å². The number of carboxylic acid groups (broad SMARTS) is 1. The van der Waals surface area contributed by atoms with Crippen molar-refractivity contribution >= 4 is 85.3 Å². The summed E-state index contributed by atoms with van der Waals surface area (Å²) >= 11 is 11.0. The highest BCUT2D eigenvalue weighted by molar-refractivity contribution is 9.09.